The van der Waals surface area contributed by atoms with Gasteiger partial charge < -0.3 is 16.4 Å². The van der Waals surface area contributed by atoms with Crippen LogP contribution in [0.3, 0.4) is 0 Å². The highest BCUT2D eigenvalue weighted by atomic mass is 16.2. The molecule has 5 heteroatoms. The van der Waals surface area contributed by atoms with E-state index in [-0.39, 0.29) is 23.7 Å². The molecule has 2 rings (SSSR count). The van der Waals surface area contributed by atoms with Gasteiger partial charge in [-0.15, -0.1) is 0 Å². The molecule has 1 unspecified atom stereocenters. The number of anilines is 2. The summed E-state index contributed by atoms with van der Waals surface area (Å²) < 4.78 is 0. The zero-order valence-corrected chi connectivity index (χ0v) is 11.0. The van der Waals surface area contributed by atoms with Gasteiger partial charge in [-0.3, -0.25) is 9.59 Å². The Hall–Kier alpha value is -1.88. The van der Waals surface area contributed by atoms with Gasteiger partial charge in [0, 0.05) is 29.8 Å². The number of carbonyl (C=O) groups is 2. The van der Waals surface area contributed by atoms with Crippen molar-refractivity contribution in [3.63, 3.8) is 0 Å². The van der Waals surface area contributed by atoms with Crippen molar-refractivity contribution >= 4 is 23.2 Å². The van der Waals surface area contributed by atoms with Gasteiger partial charge in [0.05, 0.1) is 0 Å². The van der Waals surface area contributed by atoms with E-state index in [0.717, 1.165) is 12.8 Å². The monoisotopic (exact) mass is 261 g/mol. The summed E-state index contributed by atoms with van der Waals surface area (Å²) in [5.74, 6) is -0.132. The van der Waals surface area contributed by atoms with Crippen LogP contribution in [0.2, 0.25) is 0 Å². The lowest BCUT2D eigenvalue weighted by molar-refractivity contribution is -0.119. The first kappa shape index (κ1) is 13.5. The zero-order valence-electron chi connectivity index (χ0n) is 11.0. The third kappa shape index (κ3) is 3.79. The Kier molecular flexibility index (Phi) is 4.16. The maximum atomic E-state index is 11.7. The van der Waals surface area contributed by atoms with Crippen LogP contribution in [-0.4, -0.2) is 18.4 Å². The molecule has 1 aliphatic rings. The van der Waals surface area contributed by atoms with Crippen molar-refractivity contribution < 1.29 is 9.59 Å². The number of nitrogens with one attached hydrogen (secondary N) is 2. The van der Waals surface area contributed by atoms with E-state index in [1.807, 2.05) is 6.07 Å². The van der Waals surface area contributed by atoms with E-state index in [0.29, 0.717) is 17.9 Å². The SMILES string of the molecule is CC(CN)C(=O)Nc1cccc(NC(=O)C2CC2)c1. The summed E-state index contributed by atoms with van der Waals surface area (Å²) in [6, 6.07) is 7.14. The summed E-state index contributed by atoms with van der Waals surface area (Å²) in [5.41, 5.74) is 6.81. The highest BCUT2D eigenvalue weighted by Gasteiger charge is 2.29. The van der Waals surface area contributed by atoms with Crippen molar-refractivity contribution in [3.8, 4) is 0 Å². The van der Waals surface area contributed by atoms with Crippen molar-refractivity contribution in [2.75, 3.05) is 17.2 Å². The molecule has 1 saturated carbocycles. The molecular weight excluding hydrogens is 242 g/mol. The number of nitrogens with two attached hydrogens (primary N) is 1. The van der Waals surface area contributed by atoms with Gasteiger partial charge in [-0.1, -0.05) is 13.0 Å². The second kappa shape index (κ2) is 5.84. The average Bonchev–Trinajstić information content (AvgIpc) is 3.22. The van der Waals surface area contributed by atoms with Gasteiger partial charge in [0.2, 0.25) is 11.8 Å². The minimum atomic E-state index is -0.232. The fourth-order valence-corrected chi connectivity index (χ4v) is 1.64. The Morgan fingerprint density at radius 1 is 1.32 bits per heavy atom. The maximum Gasteiger partial charge on any atom is 0.228 e. The Morgan fingerprint density at radius 2 is 1.95 bits per heavy atom. The van der Waals surface area contributed by atoms with Gasteiger partial charge in [-0.2, -0.15) is 0 Å². The van der Waals surface area contributed by atoms with Gasteiger partial charge in [0.15, 0.2) is 0 Å². The van der Waals surface area contributed by atoms with E-state index < -0.39 is 0 Å². The molecule has 0 aliphatic heterocycles. The normalized spacial score (nSPS) is 15.7. The second-order valence-electron chi connectivity index (χ2n) is 4.97. The fraction of sp³-hybridized carbons (Fsp3) is 0.429. The molecular formula is C14H19N3O2. The van der Waals surface area contributed by atoms with Crippen molar-refractivity contribution in [1.82, 2.24) is 0 Å². The lowest BCUT2D eigenvalue weighted by atomic mass is 10.1. The molecule has 1 aromatic rings. The molecule has 0 heterocycles. The summed E-state index contributed by atoms with van der Waals surface area (Å²) in [7, 11) is 0. The maximum absolute atomic E-state index is 11.7. The number of hydrogen-bond acceptors (Lipinski definition) is 3. The number of rotatable bonds is 5. The highest BCUT2D eigenvalue weighted by molar-refractivity contribution is 5.96. The summed E-state index contributed by atoms with van der Waals surface area (Å²) in [6.45, 7) is 2.08. The molecule has 19 heavy (non-hydrogen) atoms. The molecule has 102 valence electrons. The topological polar surface area (TPSA) is 84.2 Å². The van der Waals surface area contributed by atoms with Crippen molar-refractivity contribution in [3.05, 3.63) is 24.3 Å². The van der Waals surface area contributed by atoms with E-state index in [9.17, 15) is 9.59 Å². The summed E-state index contributed by atoms with van der Waals surface area (Å²) in [6.07, 6.45) is 1.94. The molecule has 0 saturated heterocycles. The van der Waals surface area contributed by atoms with E-state index in [4.69, 9.17) is 5.73 Å². The third-order valence-electron chi connectivity index (χ3n) is 3.15. The van der Waals surface area contributed by atoms with Gasteiger partial charge >= 0.3 is 0 Å². The molecule has 1 atom stereocenters. The molecule has 0 aromatic heterocycles. The van der Waals surface area contributed by atoms with Crippen molar-refractivity contribution in [2.24, 2.45) is 17.6 Å². The number of carbonyl (C=O) groups excluding carboxylic acids is 2. The fourth-order valence-electron chi connectivity index (χ4n) is 1.64. The van der Waals surface area contributed by atoms with E-state index in [2.05, 4.69) is 10.6 Å². The van der Waals surface area contributed by atoms with Crippen molar-refractivity contribution in [2.45, 2.75) is 19.8 Å². The van der Waals surface area contributed by atoms with Crippen LogP contribution >= 0.6 is 0 Å². The Balaban J connectivity index is 1.98. The van der Waals surface area contributed by atoms with Crippen LogP contribution in [0.1, 0.15) is 19.8 Å². The average molecular weight is 261 g/mol. The zero-order chi connectivity index (χ0) is 13.8. The quantitative estimate of drug-likeness (QED) is 0.752. The Morgan fingerprint density at radius 3 is 2.53 bits per heavy atom. The van der Waals surface area contributed by atoms with Crippen LogP contribution in [0, 0.1) is 11.8 Å². The highest BCUT2D eigenvalue weighted by Crippen LogP contribution is 2.30. The summed E-state index contributed by atoms with van der Waals surface area (Å²) in [4.78, 5) is 23.4. The minimum absolute atomic E-state index is 0.0544. The van der Waals surface area contributed by atoms with Crippen LogP contribution in [0.15, 0.2) is 24.3 Å². The van der Waals surface area contributed by atoms with Crippen LogP contribution in [0.25, 0.3) is 0 Å². The standard InChI is InChI=1S/C14H19N3O2/c1-9(8-15)13(18)16-11-3-2-4-12(7-11)17-14(19)10-5-6-10/h2-4,7,9-10H,5-6,8,15H2,1H3,(H,16,18)(H,17,19). The van der Waals surface area contributed by atoms with Gasteiger partial charge in [-0.05, 0) is 31.0 Å². The van der Waals surface area contributed by atoms with E-state index >= 15 is 0 Å². The Bertz CT molecular complexity index is 483. The summed E-state index contributed by atoms with van der Waals surface area (Å²) >= 11 is 0. The lowest BCUT2D eigenvalue weighted by Crippen LogP contribution is -2.26. The van der Waals surface area contributed by atoms with Crippen molar-refractivity contribution in [1.29, 1.82) is 0 Å². The first-order valence-corrected chi connectivity index (χ1v) is 6.52. The van der Waals surface area contributed by atoms with Crippen LogP contribution in [-0.2, 0) is 9.59 Å². The first-order valence-electron chi connectivity index (χ1n) is 6.52. The van der Waals surface area contributed by atoms with Crippen LogP contribution in [0.5, 0.6) is 0 Å². The molecule has 4 N–H and O–H groups in total. The molecule has 2 amide bonds. The molecule has 5 nitrogen and oxygen atoms in total. The summed E-state index contributed by atoms with van der Waals surface area (Å²) in [5, 5.41) is 5.63. The predicted octanol–water partition coefficient (Wildman–Crippen LogP) is 1.57. The van der Waals surface area contributed by atoms with Crippen LogP contribution < -0.4 is 16.4 Å². The molecule has 1 fully saturated rings. The van der Waals surface area contributed by atoms with E-state index in [1.165, 1.54) is 0 Å². The van der Waals surface area contributed by atoms with Gasteiger partial charge in [-0.25, -0.2) is 0 Å². The van der Waals surface area contributed by atoms with E-state index in [1.54, 1.807) is 25.1 Å². The van der Waals surface area contributed by atoms with Gasteiger partial charge in [0.1, 0.15) is 0 Å². The third-order valence-corrected chi connectivity index (χ3v) is 3.15. The lowest BCUT2D eigenvalue weighted by Gasteiger charge is -2.11. The largest absolute Gasteiger partial charge is 0.330 e. The molecule has 0 spiro atoms. The minimum Gasteiger partial charge on any atom is -0.330 e. The Labute approximate surface area is 112 Å². The number of amides is 2. The molecule has 1 aromatic carbocycles. The first-order chi connectivity index (χ1) is 9.10. The molecule has 0 radical (unpaired) electrons. The van der Waals surface area contributed by atoms with Gasteiger partial charge in [0.25, 0.3) is 0 Å². The number of hydrogen-bond donors (Lipinski definition) is 3. The van der Waals surface area contributed by atoms with Crippen LogP contribution in [0.4, 0.5) is 11.4 Å². The molecule has 1 aliphatic carbocycles. The smallest absolute Gasteiger partial charge is 0.228 e. The predicted molar refractivity (Wildman–Crippen MR) is 74.6 cm³/mol. The number of benzene rings is 1. The second-order valence-corrected chi connectivity index (χ2v) is 4.97. The molecule has 0 bridgehead atoms.